The van der Waals surface area contributed by atoms with Gasteiger partial charge in [-0.2, -0.15) is 0 Å². The Morgan fingerprint density at radius 3 is 2.93 bits per heavy atom. The summed E-state index contributed by atoms with van der Waals surface area (Å²) in [5.41, 5.74) is 6.53. The molecule has 2 N–H and O–H groups in total. The van der Waals surface area contributed by atoms with Crippen molar-refractivity contribution >= 4 is 27.4 Å². The van der Waals surface area contributed by atoms with Gasteiger partial charge in [0.1, 0.15) is 0 Å². The van der Waals surface area contributed by atoms with Gasteiger partial charge in [0, 0.05) is 17.2 Å². The molecule has 3 nitrogen and oxygen atoms in total. The van der Waals surface area contributed by atoms with Gasteiger partial charge >= 0.3 is 0 Å². The molecule has 1 heterocycles. The maximum absolute atomic E-state index is 5.88. The van der Waals surface area contributed by atoms with E-state index in [0.29, 0.717) is 12.2 Å². The predicted octanol–water partition coefficient (Wildman–Crippen LogP) is 2.28. The molecule has 80 valence electrons. The summed E-state index contributed by atoms with van der Waals surface area (Å²) < 4.78 is 0.876. The van der Waals surface area contributed by atoms with Crippen molar-refractivity contribution in [3.05, 3.63) is 16.7 Å². The number of terminal acetylenes is 1. The van der Waals surface area contributed by atoms with E-state index in [-0.39, 0.29) is 0 Å². The molecule has 1 aromatic rings. The van der Waals surface area contributed by atoms with E-state index in [2.05, 4.69) is 33.8 Å². The number of nitrogen functional groups attached to an aromatic ring is 1. The standard InChI is InChI=1S/C11H14BrN3/c1-3-5-15(6-4-2)11-10(13)7-9(12)8-14-11/h1,7-8H,4-6,13H2,2H3. The molecule has 0 bridgehead atoms. The first-order chi connectivity index (χ1) is 7.19. The van der Waals surface area contributed by atoms with Crippen molar-refractivity contribution in [2.24, 2.45) is 0 Å². The molecule has 0 unspecified atom stereocenters. The Bertz CT molecular complexity index is 371. The number of hydrogen-bond acceptors (Lipinski definition) is 3. The zero-order chi connectivity index (χ0) is 11.3. The van der Waals surface area contributed by atoms with E-state index in [9.17, 15) is 0 Å². The number of aromatic nitrogens is 1. The van der Waals surface area contributed by atoms with Crippen LogP contribution in [0.2, 0.25) is 0 Å². The van der Waals surface area contributed by atoms with Gasteiger partial charge in [-0.15, -0.1) is 6.42 Å². The Balaban J connectivity index is 2.95. The maximum atomic E-state index is 5.88. The summed E-state index contributed by atoms with van der Waals surface area (Å²) in [7, 11) is 0. The lowest BCUT2D eigenvalue weighted by molar-refractivity contribution is 0.810. The second-order valence-electron chi connectivity index (χ2n) is 3.19. The summed E-state index contributed by atoms with van der Waals surface area (Å²) in [6.07, 6.45) is 8.05. The molecule has 0 fully saturated rings. The lowest BCUT2D eigenvalue weighted by atomic mass is 10.3. The van der Waals surface area contributed by atoms with E-state index in [4.69, 9.17) is 12.2 Å². The number of hydrogen-bond donors (Lipinski definition) is 1. The maximum Gasteiger partial charge on any atom is 0.152 e. The van der Waals surface area contributed by atoms with Gasteiger partial charge in [-0.25, -0.2) is 4.98 Å². The second kappa shape index (κ2) is 5.62. The highest BCUT2D eigenvalue weighted by Gasteiger charge is 2.09. The third-order valence-electron chi connectivity index (χ3n) is 1.94. The average Bonchev–Trinajstić information content (AvgIpc) is 2.17. The topological polar surface area (TPSA) is 42.2 Å². The van der Waals surface area contributed by atoms with Crippen molar-refractivity contribution in [1.29, 1.82) is 0 Å². The Hall–Kier alpha value is -1.21. The Morgan fingerprint density at radius 1 is 1.67 bits per heavy atom. The van der Waals surface area contributed by atoms with Gasteiger partial charge in [-0.05, 0) is 28.4 Å². The molecule has 0 atom stereocenters. The van der Waals surface area contributed by atoms with Crippen molar-refractivity contribution in [2.75, 3.05) is 23.7 Å². The minimum atomic E-state index is 0.534. The number of nitrogens with two attached hydrogens (primary N) is 1. The SMILES string of the molecule is C#CCN(CCC)c1ncc(Br)cc1N. The average molecular weight is 268 g/mol. The van der Waals surface area contributed by atoms with Gasteiger partial charge in [0.2, 0.25) is 0 Å². The molecular weight excluding hydrogens is 254 g/mol. The van der Waals surface area contributed by atoms with Gasteiger partial charge in [0.15, 0.2) is 5.82 Å². The fourth-order valence-corrected chi connectivity index (χ4v) is 1.70. The molecule has 0 aliphatic heterocycles. The van der Waals surface area contributed by atoms with E-state index in [1.165, 1.54) is 0 Å². The molecule has 1 rings (SSSR count). The first-order valence-electron chi connectivity index (χ1n) is 4.78. The van der Waals surface area contributed by atoms with Gasteiger partial charge in [-0.3, -0.25) is 0 Å². The second-order valence-corrected chi connectivity index (χ2v) is 4.11. The molecule has 1 aromatic heterocycles. The van der Waals surface area contributed by atoms with E-state index in [1.54, 1.807) is 6.20 Å². The van der Waals surface area contributed by atoms with E-state index in [1.807, 2.05) is 11.0 Å². The van der Waals surface area contributed by atoms with Crippen LogP contribution < -0.4 is 10.6 Å². The number of pyridine rings is 1. The normalized spacial score (nSPS) is 9.67. The number of anilines is 2. The zero-order valence-electron chi connectivity index (χ0n) is 8.70. The van der Waals surface area contributed by atoms with Crippen molar-refractivity contribution in [1.82, 2.24) is 4.98 Å². The number of halogens is 1. The van der Waals surface area contributed by atoms with Crippen LogP contribution in [0.25, 0.3) is 0 Å². The Labute approximate surface area is 98.8 Å². The zero-order valence-corrected chi connectivity index (χ0v) is 10.3. The first-order valence-corrected chi connectivity index (χ1v) is 5.57. The van der Waals surface area contributed by atoms with Crippen LogP contribution in [0.5, 0.6) is 0 Å². The smallest absolute Gasteiger partial charge is 0.152 e. The van der Waals surface area contributed by atoms with Crippen LogP contribution in [0.15, 0.2) is 16.7 Å². The number of nitrogens with zero attached hydrogens (tertiary/aromatic N) is 2. The molecule has 0 saturated heterocycles. The molecule has 0 spiro atoms. The Kier molecular flexibility index (Phi) is 4.44. The van der Waals surface area contributed by atoms with E-state index < -0.39 is 0 Å². The van der Waals surface area contributed by atoms with Crippen LogP contribution in [0.1, 0.15) is 13.3 Å². The fourth-order valence-electron chi connectivity index (χ4n) is 1.35. The highest BCUT2D eigenvalue weighted by molar-refractivity contribution is 9.10. The first kappa shape index (κ1) is 11.9. The minimum Gasteiger partial charge on any atom is -0.396 e. The molecule has 15 heavy (non-hydrogen) atoms. The molecule has 0 aromatic carbocycles. The van der Waals surface area contributed by atoms with E-state index >= 15 is 0 Å². The van der Waals surface area contributed by atoms with Crippen molar-refractivity contribution in [3.63, 3.8) is 0 Å². The van der Waals surface area contributed by atoms with Gasteiger partial charge in [0.25, 0.3) is 0 Å². The third kappa shape index (κ3) is 3.14. The largest absolute Gasteiger partial charge is 0.396 e. The van der Waals surface area contributed by atoms with Crippen molar-refractivity contribution < 1.29 is 0 Å². The summed E-state index contributed by atoms with van der Waals surface area (Å²) in [6, 6.07) is 1.83. The summed E-state index contributed by atoms with van der Waals surface area (Å²) in [4.78, 5) is 6.28. The predicted molar refractivity (Wildman–Crippen MR) is 67.7 cm³/mol. The fraction of sp³-hybridized carbons (Fsp3) is 0.364. The molecule has 0 amide bonds. The van der Waals surface area contributed by atoms with Crippen molar-refractivity contribution in [2.45, 2.75) is 13.3 Å². The molecule has 4 heteroatoms. The highest BCUT2D eigenvalue weighted by Crippen LogP contribution is 2.23. The molecule has 0 aliphatic carbocycles. The summed E-state index contributed by atoms with van der Waals surface area (Å²) in [5, 5.41) is 0. The van der Waals surface area contributed by atoms with Crippen LogP contribution in [0.4, 0.5) is 11.5 Å². The Morgan fingerprint density at radius 2 is 2.40 bits per heavy atom. The third-order valence-corrected chi connectivity index (χ3v) is 2.37. The van der Waals surface area contributed by atoms with Gasteiger partial charge < -0.3 is 10.6 Å². The summed E-state index contributed by atoms with van der Waals surface area (Å²) >= 11 is 3.32. The summed E-state index contributed by atoms with van der Waals surface area (Å²) in [5.74, 6) is 3.37. The molecule has 0 radical (unpaired) electrons. The molecular formula is C11H14BrN3. The van der Waals surface area contributed by atoms with Crippen LogP contribution >= 0.6 is 15.9 Å². The van der Waals surface area contributed by atoms with Crippen LogP contribution in [0, 0.1) is 12.3 Å². The molecule has 0 saturated carbocycles. The van der Waals surface area contributed by atoms with Crippen LogP contribution in [-0.4, -0.2) is 18.1 Å². The van der Waals surface area contributed by atoms with Gasteiger partial charge in [-0.1, -0.05) is 12.8 Å². The monoisotopic (exact) mass is 267 g/mol. The highest BCUT2D eigenvalue weighted by atomic mass is 79.9. The molecule has 0 aliphatic rings. The lowest BCUT2D eigenvalue weighted by Gasteiger charge is -2.21. The van der Waals surface area contributed by atoms with Gasteiger partial charge in [0.05, 0.1) is 12.2 Å². The summed E-state index contributed by atoms with van der Waals surface area (Å²) in [6.45, 7) is 3.49. The minimum absolute atomic E-state index is 0.534. The van der Waals surface area contributed by atoms with Crippen LogP contribution in [-0.2, 0) is 0 Å². The van der Waals surface area contributed by atoms with Crippen molar-refractivity contribution in [3.8, 4) is 12.3 Å². The lowest BCUT2D eigenvalue weighted by Crippen LogP contribution is -2.26. The quantitative estimate of drug-likeness (QED) is 0.852. The van der Waals surface area contributed by atoms with Crippen LogP contribution in [0.3, 0.4) is 0 Å². The number of rotatable bonds is 4. The van der Waals surface area contributed by atoms with E-state index in [0.717, 1.165) is 23.3 Å².